The molecule has 1 heterocycles. The third-order valence-electron chi connectivity index (χ3n) is 0.881. The van der Waals surface area contributed by atoms with Gasteiger partial charge in [-0.05, 0) is 6.07 Å². The minimum absolute atomic E-state index is 0.615. The second-order valence-corrected chi connectivity index (χ2v) is 1.54. The van der Waals surface area contributed by atoms with Gasteiger partial charge in [-0.1, -0.05) is 0 Å². The molecule has 0 aliphatic heterocycles. The van der Waals surface area contributed by atoms with Crippen molar-refractivity contribution in [2.24, 2.45) is 0 Å². The van der Waals surface area contributed by atoms with Crippen LogP contribution in [0.15, 0.2) is 18.5 Å². The number of aromatic nitrogens is 1. The summed E-state index contributed by atoms with van der Waals surface area (Å²) in [4.78, 5) is 0. The van der Waals surface area contributed by atoms with E-state index in [1.807, 2.05) is 23.0 Å². The molecule has 0 saturated carbocycles. The standard InChI is InChI=1S/C6H8NO/c1-8-6-7-4-2-3-5-7/h2,4-5H,6H2,1H3. The van der Waals surface area contributed by atoms with Gasteiger partial charge in [0.2, 0.25) is 0 Å². The van der Waals surface area contributed by atoms with E-state index in [4.69, 9.17) is 4.74 Å². The Hall–Kier alpha value is -0.760. The minimum Gasteiger partial charge on any atom is -0.364 e. The van der Waals surface area contributed by atoms with Gasteiger partial charge in [-0.3, -0.25) is 0 Å². The van der Waals surface area contributed by atoms with Crippen molar-refractivity contribution in [3.8, 4) is 0 Å². The first kappa shape index (κ1) is 5.38. The van der Waals surface area contributed by atoms with E-state index in [1.165, 1.54) is 0 Å². The van der Waals surface area contributed by atoms with Gasteiger partial charge in [0, 0.05) is 25.6 Å². The molecule has 1 aromatic heterocycles. The van der Waals surface area contributed by atoms with Gasteiger partial charge in [0.25, 0.3) is 0 Å². The average molecular weight is 110 g/mol. The van der Waals surface area contributed by atoms with Crippen molar-refractivity contribution in [2.45, 2.75) is 6.73 Å². The van der Waals surface area contributed by atoms with E-state index in [1.54, 1.807) is 7.11 Å². The van der Waals surface area contributed by atoms with Crippen LogP contribution < -0.4 is 0 Å². The van der Waals surface area contributed by atoms with Crippen LogP contribution in [0.2, 0.25) is 0 Å². The zero-order valence-electron chi connectivity index (χ0n) is 4.79. The second-order valence-electron chi connectivity index (χ2n) is 1.54. The molecule has 0 unspecified atom stereocenters. The highest BCUT2D eigenvalue weighted by Crippen LogP contribution is 1.86. The van der Waals surface area contributed by atoms with Crippen LogP contribution in [-0.4, -0.2) is 11.7 Å². The SMILES string of the molecule is COCn1c[c]cc1. The van der Waals surface area contributed by atoms with Gasteiger partial charge in [0.1, 0.15) is 6.73 Å². The molecular weight excluding hydrogens is 102 g/mol. The molecule has 1 radical (unpaired) electrons. The maximum Gasteiger partial charge on any atom is 0.121 e. The fraction of sp³-hybridized carbons (Fsp3) is 0.333. The van der Waals surface area contributed by atoms with Gasteiger partial charge in [-0.2, -0.15) is 0 Å². The van der Waals surface area contributed by atoms with Gasteiger partial charge < -0.3 is 9.30 Å². The predicted octanol–water partition coefficient (Wildman–Crippen LogP) is 0.892. The number of nitrogens with zero attached hydrogens (tertiary/aromatic N) is 1. The van der Waals surface area contributed by atoms with E-state index in [9.17, 15) is 0 Å². The Kier molecular flexibility index (Phi) is 1.70. The molecule has 0 fully saturated rings. The molecule has 1 aromatic rings. The lowest BCUT2D eigenvalue weighted by molar-refractivity contribution is 0.131. The minimum atomic E-state index is 0.615. The van der Waals surface area contributed by atoms with Crippen molar-refractivity contribution in [2.75, 3.05) is 7.11 Å². The van der Waals surface area contributed by atoms with E-state index in [-0.39, 0.29) is 0 Å². The molecule has 0 saturated heterocycles. The molecule has 0 aromatic carbocycles. The molecule has 2 nitrogen and oxygen atoms in total. The Bertz CT molecular complexity index is 134. The summed E-state index contributed by atoms with van der Waals surface area (Å²) in [6, 6.07) is 4.74. The lowest BCUT2D eigenvalue weighted by Gasteiger charge is -1.96. The van der Waals surface area contributed by atoms with Crippen LogP contribution in [0, 0.1) is 6.07 Å². The summed E-state index contributed by atoms with van der Waals surface area (Å²) in [6.45, 7) is 0.615. The normalized spacial score (nSPS) is 9.62. The number of hydrogen-bond donors (Lipinski definition) is 0. The Labute approximate surface area is 48.7 Å². The van der Waals surface area contributed by atoms with Crippen molar-refractivity contribution < 1.29 is 4.74 Å². The molecule has 0 N–H and O–H groups in total. The van der Waals surface area contributed by atoms with Crippen LogP contribution in [0.5, 0.6) is 0 Å². The maximum atomic E-state index is 4.83. The lowest BCUT2D eigenvalue weighted by Crippen LogP contribution is -1.94. The summed E-state index contributed by atoms with van der Waals surface area (Å²) >= 11 is 0. The van der Waals surface area contributed by atoms with Crippen molar-refractivity contribution in [3.63, 3.8) is 0 Å². The summed E-state index contributed by atoms with van der Waals surface area (Å²) in [6.07, 6.45) is 3.74. The van der Waals surface area contributed by atoms with E-state index in [0.717, 1.165) is 0 Å². The molecule has 0 aliphatic rings. The Morgan fingerprint density at radius 3 is 3.12 bits per heavy atom. The molecule has 1 rings (SSSR count). The van der Waals surface area contributed by atoms with E-state index >= 15 is 0 Å². The smallest absolute Gasteiger partial charge is 0.121 e. The zero-order chi connectivity index (χ0) is 5.82. The number of hydrogen-bond acceptors (Lipinski definition) is 1. The van der Waals surface area contributed by atoms with Crippen LogP contribution in [0.4, 0.5) is 0 Å². The molecule has 2 heteroatoms. The Morgan fingerprint density at radius 1 is 1.75 bits per heavy atom. The van der Waals surface area contributed by atoms with Gasteiger partial charge in [0.15, 0.2) is 0 Å². The van der Waals surface area contributed by atoms with Crippen molar-refractivity contribution in [1.82, 2.24) is 4.57 Å². The van der Waals surface area contributed by atoms with Gasteiger partial charge >= 0.3 is 0 Å². The number of ether oxygens (including phenoxy) is 1. The van der Waals surface area contributed by atoms with Crippen molar-refractivity contribution in [3.05, 3.63) is 24.5 Å². The first-order chi connectivity index (χ1) is 3.93. The van der Waals surface area contributed by atoms with Gasteiger partial charge in [0.05, 0.1) is 0 Å². The first-order valence-electron chi connectivity index (χ1n) is 2.44. The number of methoxy groups -OCH3 is 1. The number of rotatable bonds is 2. The predicted molar refractivity (Wildman–Crippen MR) is 30.3 cm³/mol. The topological polar surface area (TPSA) is 14.2 Å². The van der Waals surface area contributed by atoms with Crippen molar-refractivity contribution >= 4 is 0 Å². The fourth-order valence-corrected chi connectivity index (χ4v) is 0.550. The highest BCUT2D eigenvalue weighted by atomic mass is 16.5. The lowest BCUT2D eigenvalue weighted by atomic mass is 10.7. The van der Waals surface area contributed by atoms with Gasteiger partial charge in [-0.25, -0.2) is 0 Å². The van der Waals surface area contributed by atoms with Crippen molar-refractivity contribution in [1.29, 1.82) is 0 Å². The summed E-state index contributed by atoms with van der Waals surface area (Å²) in [5.74, 6) is 0. The molecular formula is C6H8NO. The summed E-state index contributed by atoms with van der Waals surface area (Å²) < 4.78 is 6.73. The second kappa shape index (κ2) is 2.52. The highest BCUT2D eigenvalue weighted by molar-refractivity contribution is 4.86. The molecule has 0 amide bonds. The van der Waals surface area contributed by atoms with E-state index < -0.39 is 0 Å². The van der Waals surface area contributed by atoms with Crippen LogP contribution in [-0.2, 0) is 11.5 Å². The van der Waals surface area contributed by atoms with E-state index in [0.29, 0.717) is 6.73 Å². The highest BCUT2D eigenvalue weighted by Gasteiger charge is 1.81. The molecule has 0 aliphatic carbocycles. The molecule has 8 heavy (non-hydrogen) atoms. The maximum absolute atomic E-state index is 4.83. The van der Waals surface area contributed by atoms with Crippen LogP contribution in [0.3, 0.4) is 0 Å². The summed E-state index contributed by atoms with van der Waals surface area (Å²) in [5.41, 5.74) is 0. The van der Waals surface area contributed by atoms with E-state index in [2.05, 4.69) is 6.07 Å². The fourth-order valence-electron chi connectivity index (χ4n) is 0.550. The summed E-state index contributed by atoms with van der Waals surface area (Å²) in [5, 5.41) is 0. The summed E-state index contributed by atoms with van der Waals surface area (Å²) in [7, 11) is 1.67. The van der Waals surface area contributed by atoms with Crippen LogP contribution >= 0.6 is 0 Å². The monoisotopic (exact) mass is 110 g/mol. The third-order valence-corrected chi connectivity index (χ3v) is 0.881. The average Bonchev–Trinajstić information content (AvgIpc) is 2.19. The molecule has 0 atom stereocenters. The van der Waals surface area contributed by atoms with Gasteiger partial charge in [-0.15, -0.1) is 0 Å². The third kappa shape index (κ3) is 1.10. The van der Waals surface area contributed by atoms with Crippen LogP contribution in [0.1, 0.15) is 0 Å². The zero-order valence-corrected chi connectivity index (χ0v) is 4.79. The molecule has 43 valence electrons. The van der Waals surface area contributed by atoms with Crippen LogP contribution in [0.25, 0.3) is 0 Å². The Morgan fingerprint density at radius 2 is 2.62 bits per heavy atom. The first-order valence-corrected chi connectivity index (χ1v) is 2.44. The molecule has 0 spiro atoms. The Balaban J connectivity index is 2.50. The molecule has 0 bridgehead atoms. The largest absolute Gasteiger partial charge is 0.364 e. The quantitative estimate of drug-likeness (QED) is 0.551.